The number of nitrogens with zero attached hydrogens (tertiary/aromatic N) is 9. The second-order valence-electron chi connectivity index (χ2n) is 26.4. The molecule has 2 aromatic heterocycles. The monoisotopic (exact) mass is 1220 g/mol. The molecule has 4 amide bonds. The molecule has 1 aliphatic carbocycles. The zero-order chi connectivity index (χ0) is 60.8. The van der Waals surface area contributed by atoms with E-state index in [1.54, 1.807) is 54.8 Å². The molecule has 6 aliphatic heterocycles. The summed E-state index contributed by atoms with van der Waals surface area (Å²) in [6.45, 7) is 16.7. The van der Waals surface area contributed by atoms with Crippen molar-refractivity contribution in [3.63, 3.8) is 0 Å². The molecule has 87 heavy (non-hydrogen) atoms. The minimum absolute atomic E-state index is 0.0278. The molecule has 0 radical (unpaired) electrons. The number of aromatic nitrogens is 3. The Kier molecular flexibility index (Phi) is 19.7. The van der Waals surface area contributed by atoms with Crippen LogP contribution in [0, 0.1) is 34.8 Å². The van der Waals surface area contributed by atoms with E-state index in [0.717, 1.165) is 115 Å². The molecule has 7 fully saturated rings. The number of thiazole rings is 1. The summed E-state index contributed by atoms with van der Waals surface area (Å²) in [6, 6.07) is 10.3. The number of amides is 4. The Morgan fingerprint density at radius 1 is 0.839 bits per heavy atom. The highest BCUT2D eigenvalue weighted by Gasteiger charge is 2.44. The fraction of sp³-hybridized carbons (Fsp3) is 0.625. The molecule has 0 bridgehead atoms. The zero-order valence-electron chi connectivity index (χ0n) is 51.1. The van der Waals surface area contributed by atoms with E-state index in [2.05, 4.69) is 70.0 Å². The Morgan fingerprint density at radius 3 is 2.36 bits per heavy atom. The maximum atomic E-state index is 15.8. The van der Waals surface area contributed by atoms with Crippen LogP contribution in [-0.2, 0) is 25.7 Å². The lowest BCUT2D eigenvalue weighted by molar-refractivity contribution is -0.139. The van der Waals surface area contributed by atoms with Gasteiger partial charge in [0.25, 0.3) is 0 Å². The number of likely N-dealkylation sites (tertiary alicyclic amines) is 4. The molecular weight excluding hydrogens is 1130 g/mol. The summed E-state index contributed by atoms with van der Waals surface area (Å²) in [6.07, 6.45) is 11.5. The van der Waals surface area contributed by atoms with Crippen LogP contribution in [-0.4, -0.2) is 193 Å². The number of anilines is 3. The average molecular weight is 1220 g/mol. The first-order valence-electron chi connectivity index (χ1n) is 31.8. The number of hydrogen-bond donors (Lipinski definition) is 5. The Balaban J connectivity index is 0.575. The fourth-order valence-electron chi connectivity index (χ4n) is 14.3. The molecule has 8 heterocycles. The Bertz CT molecular complexity index is 3080. The van der Waals surface area contributed by atoms with Gasteiger partial charge in [-0.25, -0.2) is 23.7 Å². The molecule has 2 aromatic carbocycles. The quantitative estimate of drug-likeness (QED) is 0.0462. The standard InChI is InChI=1S/C64H88F2N14O6S/c1-42(67-4)60(84)73-58(43-10-6-5-7-11-43)62(85)80-21-9-14-52(80)61-72-51(39-87-61)59(83)44-12-8-13-48(28-44)86-27-20-69-56(81)37-77-35-46-33-76(34-47(46)36-77)26-19-68-54-31-55(71-41-70-54)78-24-17-64(18-25-78)40-79(38-57(82)74-64)53-30-49(65)45(29-50(53)66)32-75-22-15-63(2,3)16-23-75/h8,12-13,28-31,39,41-43,46-47,52,58,67H,5-7,9-11,14-27,32-38,40H2,1-4H3,(H,69,81)(H,73,84)(H,74,82)(H,68,70,71)/t42-,46-,47+,52-,58-/m0/s1. The number of piperazine rings is 1. The SMILES string of the molecule is CN[C@@H](C)C(=O)N[C@H](C(=O)N1CCC[C@H]1c1nc(C(=O)c2cccc(OCCNC(=O)CN3C[C@H]4CN(CCNc5cc(N6CCC7(CC6)CN(c6cc(F)c(CN8CCC(C)(C)CC8)cc6F)CC(=O)N7)ncn5)C[C@H]4C3)c2)cs1)C1CCCCC1. The molecule has 11 rings (SSSR count). The predicted molar refractivity (Wildman–Crippen MR) is 331 cm³/mol. The van der Waals surface area contributed by atoms with Crippen molar-refractivity contribution in [2.45, 2.75) is 122 Å². The van der Waals surface area contributed by atoms with Crippen molar-refractivity contribution < 1.29 is 37.5 Å². The number of nitrogens with one attached hydrogen (secondary N) is 5. The van der Waals surface area contributed by atoms with E-state index in [1.807, 2.05) is 11.0 Å². The summed E-state index contributed by atoms with van der Waals surface area (Å²) in [5, 5.41) is 18.3. The van der Waals surface area contributed by atoms with Crippen LogP contribution in [0.3, 0.4) is 0 Å². The van der Waals surface area contributed by atoms with Gasteiger partial charge in [0, 0.05) is 101 Å². The number of carbonyl (C=O) groups excluding carboxylic acids is 5. The number of rotatable bonds is 22. The molecule has 6 saturated heterocycles. The van der Waals surface area contributed by atoms with Crippen LogP contribution in [0.2, 0.25) is 0 Å². The van der Waals surface area contributed by atoms with Crippen molar-refractivity contribution in [2.24, 2.45) is 23.2 Å². The number of likely N-dealkylation sites (N-methyl/N-ethyl adjacent to an activating group) is 1. The second kappa shape index (κ2) is 27.6. The number of halogens is 2. The highest BCUT2D eigenvalue weighted by molar-refractivity contribution is 7.10. The number of carbonyl (C=O) groups is 5. The van der Waals surface area contributed by atoms with Crippen LogP contribution < -0.4 is 41.1 Å². The van der Waals surface area contributed by atoms with Crippen molar-refractivity contribution in [1.29, 1.82) is 0 Å². The van der Waals surface area contributed by atoms with Gasteiger partial charge in [-0.1, -0.05) is 45.2 Å². The average Bonchev–Trinajstić information content (AvgIpc) is 2.53. The number of benzene rings is 2. The molecule has 0 unspecified atom stereocenters. The Hall–Kier alpha value is -6.40. The van der Waals surface area contributed by atoms with E-state index in [9.17, 15) is 24.0 Å². The molecule has 470 valence electrons. The Morgan fingerprint density at radius 2 is 1.60 bits per heavy atom. The van der Waals surface area contributed by atoms with Crippen LogP contribution >= 0.6 is 11.3 Å². The van der Waals surface area contributed by atoms with Crippen molar-refractivity contribution in [3.05, 3.63) is 87.6 Å². The third-order valence-corrected chi connectivity index (χ3v) is 20.6. The second-order valence-corrected chi connectivity index (χ2v) is 27.3. The minimum atomic E-state index is -0.596. The van der Waals surface area contributed by atoms with Gasteiger partial charge in [-0.15, -0.1) is 11.3 Å². The lowest BCUT2D eigenvalue weighted by Gasteiger charge is -2.48. The lowest BCUT2D eigenvalue weighted by atomic mass is 9.82. The van der Waals surface area contributed by atoms with E-state index >= 15 is 8.78 Å². The molecule has 1 saturated carbocycles. The molecule has 7 aliphatic rings. The molecule has 5 atom stereocenters. The maximum Gasteiger partial charge on any atom is 0.246 e. The van der Waals surface area contributed by atoms with E-state index in [-0.39, 0.29) is 65.6 Å². The topological polar surface area (TPSA) is 213 Å². The van der Waals surface area contributed by atoms with Crippen LogP contribution in [0.1, 0.15) is 124 Å². The van der Waals surface area contributed by atoms with Gasteiger partial charge in [-0.2, -0.15) is 0 Å². The number of piperidine rings is 2. The molecule has 5 N–H and O–H groups in total. The summed E-state index contributed by atoms with van der Waals surface area (Å²) in [4.78, 5) is 93.9. The van der Waals surface area contributed by atoms with Crippen molar-refractivity contribution >= 4 is 58.1 Å². The van der Waals surface area contributed by atoms with Gasteiger partial charge in [0.15, 0.2) is 0 Å². The van der Waals surface area contributed by atoms with Gasteiger partial charge in [0.1, 0.15) is 58.7 Å². The first-order valence-corrected chi connectivity index (χ1v) is 32.7. The van der Waals surface area contributed by atoms with Gasteiger partial charge in [-0.05, 0) is 120 Å². The van der Waals surface area contributed by atoms with Gasteiger partial charge in [0.05, 0.1) is 42.9 Å². The van der Waals surface area contributed by atoms with E-state index in [0.29, 0.717) is 105 Å². The normalized spacial score (nSPS) is 23.3. The van der Waals surface area contributed by atoms with Crippen molar-refractivity contribution in [1.82, 2.24) is 55.8 Å². The van der Waals surface area contributed by atoms with Crippen LogP contribution in [0.4, 0.5) is 26.1 Å². The van der Waals surface area contributed by atoms with E-state index in [4.69, 9.17) is 9.72 Å². The number of ketones is 1. The number of hydrogen-bond acceptors (Lipinski definition) is 17. The maximum absolute atomic E-state index is 15.8. The first kappa shape index (κ1) is 62.2. The van der Waals surface area contributed by atoms with Crippen molar-refractivity contribution in [2.75, 3.05) is 127 Å². The van der Waals surface area contributed by atoms with E-state index in [1.165, 1.54) is 23.5 Å². The van der Waals surface area contributed by atoms with Crippen LogP contribution in [0.5, 0.6) is 5.75 Å². The summed E-state index contributed by atoms with van der Waals surface area (Å²) >= 11 is 1.38. The molecule has 1 spiro atoms. The molecular formula is C64H88F2N14O6S. The number of ether oxygens (including phenoxy) is 1. The molecule has 4 aromatic rings. The van der Waals surface area contributed by atoms with Crippen LogP contribution in [0.15, 0.2) is 54.2 Å². The van der Waals surface area contributed by atoms with Gasteiger partial charge in [0.2, 0.25) is 29.4 Å². The third kappa shape index (κ3) is 15.2. The third-order valence-electron chi connectivity index (χ3n) is 19.6. The smallest absolute Gasteiger partial charge is 0.246 e. The molecule has 23 heteroatoms. The Labute approximate surface area is 514 Å². The summed E-state index contributed by atoms with van der Waals surface area (Å²) < 4.78 is 37.3. The van der Waals surface area contributed by atoms with Crippen molar-refractivity contribution in [3.8, 4) is 5.75 Å². The van der Waals surface area contributed by atoms with Crippen LogP contribution in [0.25, 0.3) is 0 Å². The highest BCUT2D eigenvalue weighted by Crippen LogP contribution is 2.39. The van der Waals surface area contributed by atoms with E-state index < -0.39 is 29.3 Å². The number of fused-ring (bicyclic) bond motifs is 1. The largest absolute Gasteiger partial charge is 0.492 e. The summed E-state index contributed by atoms with van der Waals surface area (Å²) in [7, 11) is 1.73. The summed E-state index contributed by atoms with van der Waals surface area (Å²) in [5.74, 6) is 1.42. The fourth-order valence-corrected chi connectivity index (χ4v) is 15.3. The summed E-state index contributed by atoms with van der Waals surface area (Å²) in [5.41, 5.74) is 0.917. The van der Waals surface area contributed by atoms with Gasteiger partial charge in [-0.3, -0.25) is 33.8 Å². The zero-order valence-corrected chi connectivity index (χ0v) is 51.9. The van der Waals surface area contributed by atoms with Gasteiger partial charge < -0.3 is 50.9 Å². The predicted octanol–water partition coefficient (Wildman–Crippen LogP) is 5.85. The highest BCUT2D eigenvalue weighted by atomic mass is 32.1. The lowest BCUT2D eigenvalue weighted by Crippen LogP contribution is -2.66. The van der Waals surface area contributed by atoms with Gasteiger partial charge >= 0.3 is 0 Å². The molecule has 20 nitrogen and oxygen atoms in total. The first-order chi connectivity index (χ1) is 42.0. The minimum Gasteiger partial charge on any atom is -0.492 e.